The number of hydrogen-bond acceptors (Lipinski definition) is 5. The summed E-state index contributed by atoms with van der Waals surface area (Å²) in [6, 6.07) is 15.4. The highest BCUT2D eigenvalue weighted by Crippen LogP contribution is 2.18. The molecule has 9 nitrogen and oxygen atoms in total. The highest BCUT2D eigenvalue weighted by molar-refractivity contribution is 6.02. The Labute approximate surface area is 192 Å². The highest BCUT2D eigenvalue weighted by atomic mass is 16.4. The van der Waals surface area contributed by atoms with E-state index in [4.69, 9.17) is 0 Å². The summed E-state index contributed by atoms with van der Waals surface area (Å²) in [5, 5.41) is 16.4. The van der Waals surface area contributed by atoms with Gasteiger partial charge in [0.05, 0.1) is 6.54 Å². The molecule has 0 saturated carbocycles. The van der Waals surface area contributed by atoms with Crippen LogP contribution in [0.4, 0.5) is 16.2 Å². The van der Waals surface area contributed by atoms with Crippen molar-refractivity contribution in [2.24, 2.45) is 5.92 Å². The summed E-state index contributed by atoms with van der Waals surface area (Å²) < 4.78 is 0. The third-order valence-electron chi connectivity index (χ3n) is 5.45. The minimum absolute atomic E-state index is 0.0646. The van der Waals surface area contributed by atoms with Crippen LogP contribution in [-0.2, 0) is 14.4 Å². The van der Waals surface area contributed by atoms with Crippen molar-refractivity contribution >= 4 is 35.2 Å². The zero-order valence-electron chi connectivity index (χ0n) is 18.5. The number of carbonyl (C=O) groups is 4. The standard InChI is InChI=1S/C24H28N4O5/c1-17-7-5-9-19(13-17)26-24(33)25-14-21(29)28(20-10-3-2-4-11-20)16-22(30)27-12-6-8-18(15-27)23(31)32/h2-5,7,9-11,13,18H,6,8,12,14-16H2,1H3,(H,31,32)(H2,25,26,33)/p-1. The molecule has 0 aromatic heterocycles. The second-order valence-corrected chi connectivity index (χ2v) is 7.99. The number of rotatable bonds is 7. The molecular formula is C24H27N4O5-. The van der Waals surface area contributed by atoms with Gasteiger partial charge in [-0.05, 0) is 49.6 Å². The number of nitrogens with zero attached hydrogens (tertiary/aromatic N) is 2. The lowest BCUT2D eigenvalue weighted by molar-refractivity contribution is -0.312. The molecule has 3 rings (SSSR count). The number of piperidine rings is 1. The van der Waals surface area contributed by atoms with Gasteiger partial charge in [-0.15, -0.1) is 0 Å². The first-order valence-corrected chi connectivity index (χ1v) is 10.8. The van der Waals surface area contributed by atoms with Crippen LogP contribution in [0.5, 0.6) is 0 Å². The number of urea groups is 1. The van der Waals surface area contributed by atoms with E-state index in [1.54, 1.807) is 42.5 Å². The van der Waals surface area contributed by atoms with Gasteiger partial charge in [0.25, 0.3) is 0 Å². The minimum atomic E-state index is -1.17. The van der Waals surface area contributed by atoms with Gasteiger partial charge in [-0.3, -0.25) is 9.59 Å². The van der Waals surface area contributed by atoms with E-state index >= 15 is 0 Å². The molecule has 1 saturated heterocycles. The molecule has 1 atom stereocenters. The van der Waals surface area contributed by atoms with Crippen molar-refractivity contribution in [2.45, 2.75) is 19.8 Å². The SMILES string of the molecule is Cc1cccc(NC(=O)NCC(=O)N(CC(=O)N2CCCC(C(=O)[O-])C2)c2ccccc2)c1. The summed E-state index contributed by atoms with van der Waals surface area (Å²) in [5.41, 5.74) is 2.09. The number of anilines is 2. The van der Waals surface area contributed by atoms with Gasteiger partial charge in [0.15, 0.2) is 0 Å². The predicted molar refractivity (Wildman–Crippen MR) is 121 cm³/mol. The van der Waals surface area contributed by atoms with E-state index in [0.717, 1.165) is 5.56 Å². The molecule has 33 heavy (non-hydrogen) atoms. The lowest BCUT2D eigenvalue weighted by atomic mass is 9.98. The third kappa shape index (κ3) is 6.80. The zero-order valence-corrected chi connectivity index (χ0v) is 18.5. The number of aryl methyl sites for hydroxylation is 1. The summed E-state index contributed by atoms with van der Waals surface area (Å²) in [6.07, 6.45) is 1.03. The van der Waals surface area contributed by atoms with Crippen LogP contribution in [0.2, 0.25) is 0 Å². The molecule has 4 amide bonds. The molecule has 1 fully saturated rings. The van der Waals surface area contributed by atoms with E-state index < -0.39 is 23.8 Å². The Morgan fingerprint density at radius 1 is 1.09 bits per heavy atom. The molecule has 174 valence electrons. The molecule has 9 heteroatoms. The van der Waals surface area contributed by atoms with Crippen molar-refractivity contribution in [1.29, 1.82) is 0 Å². The molecule has 0 bridgehead atoms. The Kier molecular flexibility index (Phi) is 8.01. The molecule has 2 N–H and O–H groups in total. The Bertz CT molecular complexity index is 1010. The summed E-state index contributed by atoms with van der Waals surface area (Å²) in [4.78, 5) is 52.0. The van der Waals surface area contributed by atoms with E-state index in [-0.39, 0.29) is 25.5 Å². The first-order chi connectivity index (χ1) is 15.8. The van der Waals surface area contributed by atoms with E-state index in [9.17, 15) is 24.3 Å². The van der Waals surface area contributed by atoms with Crippen LogP contribution < -0.4 is 20.6 Å². The monoisotopic (exact) mass is 451 g/mol. The van der Waals surface area contributed by atoms with Crippen molar-refractivity contribution in [3.63, 3.8) is 0 Å². The Morgan fingerprint density at radius 3 is 2.55 bits per heavy atom. The van der Waals surface area contributed by atoms with Crippen molar-refractivity contribution in [2.75, 3.05) is 36.4 Å². The third-order valence-corrected chi connectivity index (χ3v) is 5.45. The maximum absolute atomic E-state index is 13.0. The van der Waals surface area contributed by atoms with Gasteiger partial charge in [0.2, 0.25) is 11.8 Å². The number of aliphatic carboxylic acids is 1. The Balaban J connectivity index is 1.64. The van der Waals surface area contributed by atoms with E-state index in [1.165, 1.54) is 9.80 Å². The quantitative estimate of drug-likeness (QED) is 0.654. The van der Waals surface area contributed by atoms with Crippen LogP contribution in [0.3, 0.4) is 0 Å². The molecule has 0 aliphatic carbocycles. The van der Waals surface area contributed by atoms with Crippen molar-refractivity contribution in [1.82, 2.24) is 10.2 Å². The van der Waals surface area contributed by atoms with Gasteiger partial charge >= 0.3 is 6.03 Å². The number of carboxylic acids is 1. The van der Waals surface area contributed by atoms with Crippen molar-refractivity contribution in [3.8, 4) is 0 Å². The van der Waals surface area contributed by atoms with Crippen LogP contribution in [0.15, 0.2) is 54.6 Å². The first-order valence-electron chi connectivity index (χ1n) is 10.8. The fourth-order valence-corrected chi connectivity index (χ4v) is 3.71. The number of likely N-dealkylation sites (tertiary alicyclic amines) is 1. The predicted octanol–water partition coefficient (Wildman–Crippen LogP) is 1.14. The fourth-order valence-electron chi connectivity index (χ4n) is 3.71. The Hall–Kier alpha value is -3.88. The van der Waals surface area contributed by atoms with Gasteiger partial charge in [0, 0.05) is 36.4 Å². The fraction of sp³-hybridized carbons (Fsp3) is 0.333. The van der Waals surface area contributed by atoms with Crippen LogP contribution >= 0.6 is 0 Å². The largest absolute Gasteiger partial charge is 0.550 e. The van der Waals surface area contributed by atoms with Gasteiger partial charge in [-0.1, -0.05) is 30.3 Å². The summed E-state index contributed by atoms with van der Waals surface area (Å²) in [7, 11) is 0. The van der Waals surface area contributed by atoms with Gasteiger partial charge < -0.3 is 30.3 Å². The number of amides is 4. The van der Waals surface area contributed by atoms with Gasteiger partial charge in [-0.25, -0.2) is 4.79 Å². The maximum Gasteiger partial charge on any atom is 0.319 e. The molecule has 1 unspecified atom stereocenters. The number of hydrogen-bond donors (Lipinski definition) is 2. The molecule has 1 heterocycles. The summed E-state index contributed by atoms with van der Waals surface area (Å²) in [5.74, 6) is -2.72. The van der Waals surface area contributed by atoms with E-state index in [2.05, 4.69) is 10.6 Å². The van der Waals surface area contributed by atoms with E-state index in [0.29, 0.717) is 30.8 Å². The Morgan fingerprint density at radius 2 is 1.85 bits per heavy atom. The first kappa shape index (κ1) is 23.8. The van der Waals surface area contributed by atoms with Crippen molar-refractivity contribution < 1.29 is 24.3 Å². The van der Waals surface area contributed by atoms with Crippen LogP contribution in [0.1, 0.15) is 18.4 Å². The molecule has 0 radical (unpaired) electrons. The minimum Gasteiger partial charge on any atom is -0.550 e. The summed E-state index contributed by atoms with van der Waals surface area (Å²) >= 11 is 0. The van der Waals surface area contributed by atoms with Crippen LogP contribution in [-0.4, -0.2) is 54.9 Å². The molecular weight excluding hydrogens is 424 g/mol. The average Bonchev–Trinajstić information content (AvgIpc) is 2.81. The normalized spacial score (nSPS) is 15.4. The lowest BCUT2D eigenvalue weighted by Crippen LogP contribution is -2.51. The molecule has 1 aliphatic rings. The van der Waals surface area contributed by atoms with E-state index in [1.807, 2.05) is 19.1 Å². The highest BCUT2D eigenvalue weighted by Gasteiger charge is 2.27. The number of nitrogens with one attached hydrogen (secondary N) is 2. The number of benzene rings is 2. The number of para-hydroxylation sites is 1. The summed E-state index contributed by atoms with van der Waals surface area (Å²) in [6.45, 7) is 1.82. The maximum atomic E-state index is 13.0. The molecule has 0 spiro atoms. The molecule has 2 aromatic carbocycles. The van der Waals surface area contributed by atoms with Gasteiger partial charge in [-0.2, -0.15) is 0 Å². The lowest BCUT2D eigenvalue weighted by Gasteiger charge is -2.34. The number of carbonyl (C=O) groups excluding carboxylic acids is 4. The molecule has 2 aromatic rings. The second-order valence-electron chi connectivity index (χ2n) is 7.99. The van der Waals surface area contributed by atoms with Crippen LogP contribution in [0, 0.1) is 12.8 Å². The molecule has 1 aliphatic heterocycles. The zero-order chi connectivity index (χ0) is 23.8. The number of carboxylic acid groups (broad SMARTS) is 1. The second kappa shape index (κ2) is 11.1. The average molecular weight is 452 g/mol. The van der Waals surface area contributed by atoms with Gasteiger partial charge in [0.1, 0.15) is 6.54 Å². The smallest absolute Gasteiger partial charge is 0.319 e. The topological polar surface area (TPSA) is 122 Å². The van der Waals surface area contributed by atoms with Crippen molar-refractivity contribution in [3.05, 3.63) is 60.2 Å². The van der Waals surface area contributed by atoms with Crippen LogP contribution in [0.25, 0.3) is 0 Å².